The highest BCUT2D eigenvalue weighted by atomic mass is 16.3. The molecule has 0 radical (unpaired) electrons. The lowest BCUT2D eigenvalue weighted by Gasteiger charge is -2.28. The second-order valence-electron chi connectivity index (χ2n) is 5.06. The standard InChI is InChI=1S/C15H25NO/c1-6-16(11(2)3)10-15(17)14-9-12(4)7-8-13(14)5/h7-9,11,15,17H,6,10H2,1-5H3. The first-order chi connectivity index (χ1) is 7.95. The van der Waals surface area contributed by atoms with Crippen molar-refractivity contribution in [3.05, 3.63) is 34.9 Å². The van der Waals surface area contributed by atoms with E-state index >= 15 is 0 Å². The molecule has 0 spiro atoms. The second-order valence-corrected chi connectivity index (χ2v) is 5.06. The van der Waals surface area contributed by atoms with Crippen LogP contribution in [0.3, 0.4) is 0 Å². The third-order valence-corrected chi connectivity index (χ3v) is 3.34. The summed E-state index contributed by atoms with van der Waals surface area (Å²) in [7, 11) is 0. The van der Waals surface area contributed by atoms with Crippen molar-refractivity contribution in [2.24, 2.45) is 0 Å². The van der Waals surface area contributed by atoms with Gasteiger partial charge in [0.2, 0.25) is 0 Å². The lowest BCUT2D eigenvalue weighted by atomic mass is 10.00. The number of hydrogen-bond donors (Lipinski definition) is 1. The van der Waals surface area contributed by atoms with Crippen molar-refractivity contribution >= 4 is 0 Å². The maximum Gasteiger partial charge on any atom is 0.0919 e. The molecule has 0 aliphatic rings. The summed E-state index contributed by atoms with van der Waals surface area (Å²) in [6.45, 7) is 12.3. The third-order valence-electron chi connectivity index (χ3n) is 3.34. The van der Waals surface area contributed by atoms with Gasteiger partial charge >= 0.3 is 0 Å². The van der Waals surface area contributed by atoms with E-state index < -0.39 is 6.10 Å². The van der Waals surface area contributed by atoms with Crippen LogP contribution in [0.15, 0.2) is 18.2 Å². The van der Waals surface area contributed by atoms with Crippen LogP contribution in [0.4, 0.5) is 0 Å². The molecule has 1 unspecified atom stereocenters. The zero-order valence-corrected chi connectivity index (χ0v) is 11.7. The van der Waals surface area contributed by atoms with E-state index in [1.54, 1.807) is 0 Å². The fraction of sp³-hybridized carbons (Fsp3) is 0.600. The van der Waals surface area contributed by atoms with Crippen LogP contribution in [0.1, 0.15) is 43.6 Å². The van der Waals surface area contributed by atoms with Gasteiger partial charge in [0.15, 0.2) is 0 Å². The van der Waals surface area contributed by atoms with E-state index in [1.165, 1.54) is 11.1 Å². The quantitative estimate of drug-likeness (QED) is 0.848. The molecule has 0 saturated carbocycles. The number of aliphatic hydroxyl groups excluding tert-OH is 1. The van der Waals surface area contributed by atoms with E-state index in [1.807, 2.05) is 0 Å². The molecule has 2 nitrogen and oxygen atoms in total. The van der Waals surface area contributed by atoms with Gasteiger partial charge in [-0.2, -0.15) is 0 Å². The molecule has 96 valence electrons. The first kappa shape index (κ1) is 14.2. The van der Waals surface area contributed by atoms with Crippen LogP contribution < -0.4 is 0 Å². The van der Waals surface area contributed by atoms with Crippen LogP contribution in [0.2, 0.25) is 0 Å². The topological polar surface area (TPSA) is 23.5 Å². The average Bonchev–Trinajstić information content (AvgIpc) is 2.28. The van der Waals surface area contributed by atoms with Gasteiger partial charge < -0.3 is 5.11 Å². The molecule has 0 aliphatic carbocycles. The Morgan fingerprint density at radius 3 is 2.41 bits per heavy atom. The van der Waals surface area contributed by atoms with Crippen molar-refractivity contribution in [3.63, 3.8) is 0 Å². The molecule has 0 aliphatic heterocycles. The van der Waals surface area contributed by atoms with Crippen LogP contribution in [-0.4, -0.2) is 29.1 Å². The first-order valence-corrected chi connectivity index (χ1v) is 6.45. The number of hydrogen-bond acceptors (Lipinski definition) is 2. The predicted octanol–water partition coefficient (Wildman–Crippen LogP) is 3.07. The minimum atomic E-state index is -0.391. The zero-order valence-electron chi connectivity index (χ0n) is 11.7. The van der Waals surface area contributed by atoms with Crippen molar-refractivity contribution in [2.45, 2.75) is 46.8 Å². The van der Waals surface area contributed by atoms with Gasteiger partial charge in [-0.1, -0.05) is 30.7 Å². The molecular formula is C15H25NO. The van der Waals surface area contributed by atoms with Gasteiger partial charge in [0.1, 0.15) is 0 Å². The summed E-state index contributed by atoms with van der Waals surface area (Å²) >= 11 is 0. The Morgan fingerprint density at radius 2 is 1.88 bits per heavy atom. The van der Waals surface area contributed by atoms with Crippen molar-refractivity contribution in [3.8, 4) is 0 Å². The molecule has 0 heterocycles. The molecule has 1 N–H and O–H groups in total. The van der Waals surface area contributed by atoms with E-state index in [-0.39, 0.29) is 0 Å². The number of benzene rings is 1. The smallest absolute Gasteiger partial charge is 0.0919 e. The van der Waals surface area contributed by atoms with Gasteiger partial charge in [0.25, 0.3) is 0 Å². The van der Waals surface area contributed by atoms with Gasteiger partial charge in [0, 0.05) is 12.6 Å². The molecule has 0 fully saturated rings. The Labute approximate surface area is 105 Å². The molecule has 0 aromatic heterocycles. The molecule has 1 aromatic carbocycles. The van der Waals surface area contributed by atoms with E-state index in [0.29, 0.717) is 12.6 Å². The lowest BCUT2D eigenvalue weighted by molar-refractivity contribution is 0.0987. The summed E-state index contributed by atoms with van der Waals surface area (Å²) in [5.74, 6) is 0. The summed E-state index contributed by atoms with van der Waals surface area (Å²) in [4.78, 5) is 2.28. The molecule has 17 heavy (non-hydrogen) atoms. The largest absolute Gasteiger partial charge is 0.387 e. The van der Waals surface area contributed by atoms with Crippen LogP contribution in [-0.2, 0) is 0 Å². The average molecular weight is 235 g/mol. The van der Waals surface area contributed by atoms with Crippen LogP contribution in [0, 0.1) is 13.8 Å². The predicted molar refractivity (Wildman–Crippen MR) is 73.3 cm³/mol. The highest BCUT2D eigenvalue weighted by molar-refractivity contribution is 5.32. The summed E-state index contributed by atoms with van der Waals surface area (Å²) in [6.07, 6.45) is -0.391. The molecular weight excluding hydrogens is 210 g/mol. The first-order valence-electron chi connectivity index (χ1n) is 6.45. The van der Waals surface area contributed by atoms with Crippen molar-refractivity contribution in [1.29, 1.82) is 0 Å². The molecule has 0 amide bonds. The summed E-state index contributed by atoms with van der Waals surface area (Å²) in [6, 6.07) is 6.74. The molecule has 0 bridgehead atoms. The van der Waals surface area contributed by atoms with Crippen LogP contribution in [0.5, 0.6) is 0 Å². The van der Waals surface area contributed by atoms with Gasteiger partial charge in [-0.25, -0.2) is 0 Å². The molecule has 2 heteroatoms. The number of aryl methyl sites for hydroxylation is 2. The van der Waals surface area contributed by atoms with Crippen LogP contribution in [0.25, 0.3) is 0 Å². The molecule has 1 rings (SSSR count). The van der Waals surface area contributed by atoms with E-state index in [0.717, 1.165) is 12.1 Å². The minimum Gasteiger partial charge on any atom is -0.387 e. The number of nitrogens with zero attached hydrogens (tertiary/aromatic N) is 1. The monoisotopic (exact) mass is 235 g/mol. The Kier molecular flexibility index (Phi) is 5.16. The number of rotatable bonds is 5. The molecule has 1 atom stereocenters. The van der Waals surface area contributed by atoms with Gasteiger partial charge in [-0.05, 0) is 45.4 Å². The third kappa shape index (κ3) is 3.83. The molecule has 0 saturated heterocycles. The Balaban J connectivity index is 2.81. The van der Waals surface area contributed by atoms with Crippen molar-refractivity contribution in [1.82, 2.24) is 4.90 Å². The van der Waals surface area contributed by atoms with Crippen LogP contribution >= 0.6 is 0 Å². The summed E-state index contributed by atoms with van der Waals surface area (Å²) in [5.41, 5.74) is 3.43. The normalized spacial score (nSPS) is 13.4. The van der Waals surface area contributed by atoms with Gasteiger partial charge in [0.05, 0.1) is 6.10 Å². The lowest BCUT2D eigenvalue weighted by Crippen LogP contribution is -2.34. The van der Waals surface area contributed by atoms with Gasteiger partial charge in [-0.15, -0.1) is 0 Å². The minimum absolute atomic E-state index is 0.391. The fourth-order valence-corrected chi connectivity index (χ4v) is 2.14. The summed E-state index contributed by atoms with van der Waals surface area (Å²) in [5, 5.41) is 10.3. The maximum atomic E-state index is 10.3. The second kappa shape index (κ2) is 6.18. The van der Waals surface area contributed by atoms with E-state index in [9.17, 15) is 5.11 Å². The van der Waals surface area contributed by atoms with Crippen molar-refractivity contribution < 1.29 is 5.11 Å². The van der Waals surface area contributed by atoms with E-state index in [2.05, 4.69) is 57.7 Å². The Bertz CT molecular complexity index is 360. The molecule has 1 aromatic rings. The Morgan fingerprint density at radius 1 is 1.24 bits per heavy atom. The summed E-state index contributed by atoms with van der Waals surface area (Å²) < 4.78 is 0. The van der Waals surface area contributed by atoms with Gasteiger partial charge in [-0.3, -0.25) is 4.90 Å². The number of aliphatic hydroxyl groups is 1. The fourth-order valence-electron chi connectivity index (χ4n) is 2.14. The SMILES string of the molecule is CCN(CC(O)c1cc(C)ccc1C)C(C)C. The van der Waals surface area contributed by atoms with E-state index in [4.69, 9.17) is 0 Å². The highest BCUT2D eigenvalue weighted by Crippen LogP contribution is 2.20. The maximum absolute atomic E-state index is 10.3. The zero-order chi connectivity index (χ0) is 13.0. The number of likely N-dealkylation sites (N-methyl/N-ethyl adjacent to an activating group) is 1. The highest BCUT2D eigenvalue weighted by Gasteiger charge is 2.16. The Hall–Kier alpha value is -0.860. The van der Waals surface area contributed by atoms with Crippen molar-refractivity contribution in [2.75, 3.05) is 13.1 Å².